The highest BCUT2D eigenvalue weighted by atomic mass is 16.5. The zero-order chi connectivity index (χ0) is 11.8. The minimum Gasteiger partial charge on any atom is -0.461 e. The highest BCUT2D eigenvalue weighted by Gasteiger charge is 2.30. The van der Waals surface area contributed by atoms with Crippen LogP contribution in [-0.2, 0) is 9.53 Å². The van der Waals surface area contributed by atoms with Crippen molar-refractivity contribution in [2.75, 3.05) is 6.61 Å². The molecule has 17 heavy (non-hydrogen) atoms. The van der Waals surface area contributed by atoms with E-state index >= 15 is 0 Å². The second kappa shape index (κ2) is 3.74. The van der Waals surface area contributed by atoms with Crippen LogP contribution in [0.4, 0.5) is 0 Å². The lowest BCUT2D eigenvalue weighted by Gasteiger charge is -2.11. The van der Waals surface area contributed by atoms with Crippen LogP contribution in [0.3, 0.4) is 0 Å². The summed E-state index contributed by atoms with van der Waals surface area (Å²) in [6.07, 6.45) is 0. The van der Waals surface area contributed by atoms with Crippen LogP contribution in [0.5, 0.6) is 0 Å². The second-order valence-electron chi connectivity index (χ2n) is 4.24. The first-order valence-electron chi connectivity index (χ1n) is 5.61. The molecule has 0 saturated carbocycles. The van der Waals surface area contributed by atoms with E-state index in [1.54, 1.807) is 0 Å². The summed E-state index contributed by atoms with van der Waals surface area (Å²) in [5.41, 5.74) is 1.68. The average Bonchev–Trinajstić information content (AvgIpc) is 2.69. The third-order valence-electron chi connectivity index (χ3n) is 3.26. The van der Waals surface area contributed by atoms with Gasteiger partial charge in [0, 0.05) is 5.57 Å². The van der Waals surface area contributed by atoms with Crippen LogP contribution in [0.1, 0.15) is 11.5 Å². The molecule has 0 spiro atoms. The number of fused-ring (bicyclic) bond motifs is 1. The summed E-state index contributed by atoms with van der Waals surface area (Å²) in [6, 6.07) is 14.3. The van der Waals surface area contributed by atoms with E-state index in [1.165, 1.54) is 10.8 Å². The van der Waals surface area contributed by atoms with Gasteiger partial charge in [0.25, 0.3) is 0 Å². The van der Waals surface area contributed by atoms with Crippen molar-refractivity contribution < 1.29 is 9.53 Å². The fourth-order valence-corrected chi connectivity index (χ4v) is 2.33. The van der Waals surface area contributed by atoms with Gasteiger partial charge in [0.1, 0.15) is 6.61 Å². The molecule has 2 heteroatoms. The zero-order valence-electron chi connectivity index (χ0n) is 9.35. The van der Waals surface area contributed by atoms with E-state index in [1.807, 2.05) is 24.3 Å². The van der Waals surface area contributed by atoms with Crippen LogP contribution >= 0.6 is 0 Å². The van der Waals surface area contributed by atoms with Crippen LogP contribution in [-0.4, -0.2) is 12.6 Å². The Hall–Kier alpha value is -2.09. The number of carbonyl (C=O) groups is 1. The molecule has 0 amide bonds. The summed E-state index contributed by atoms with van der Waals surface area (Å²) in [6.45, 7) is 4.23. The smallest absolute Gasteiger partial charge is 0.334 e. The Bertz CT molecular complexity index is 608. The molecule has 84 valence electrons. The SMILES string of the molecule is C=C1C(=O)OCC1c1cccc2ccccc12. The first-order valence-corrected chi connectivity index (χ1v) is 5.61. The lowest BCUT2D eigenvalue weighted by molar-refractivity contribution is -0.135. The topological polar surface area (TPSA) is 26.3 Å². The number of carbonyl (C=O) groups excluding carboxylic acids is 1. The maximum absolute atomic E-state index is 11.4. The number of rotatable bonds is 1. The Morgan fingerprint density at radius 1 is 1.12 bits per heavy atom. The Labute approximate surface area is 99.5 Å². The van der Waals surface area contributed by atoms with Crippen LogP contribution < -0.4 is 0 Å². The predicted octanol–water partition coefficient (Wildman–Crippen LogP) is 3.04. The fraction of sp³-hybridized carbons (Fsp3) is 0.133. The average molecular weight is 224 g/mol. The molecular formula is C15H12O2. The quantitative estimate of drug-likeness (QED) is 0.549. The summed E-state index contributed by atoms with van der Waals surface area (Å²) >= 11 is 0. The molecule has 1 atom stereocenters. The Morgan fingerprint density at radius 3 is 2.65 bits per heavy atom. The normalized spacial score (nSPS) is 19.6. The molecule has 0 aromatic heterocycles. The minimum absolute atomic E-state index is 0.00593. The molecule has 1 aliphatic heterocycles. The monoisotopic (exact) mass is 224 g/mol. The van der Waals surface area contributed by atoms with Gasteiger partial charge in [-0.05, 0) is 16.3 Å². The number of cyclic esters (lactones) is 1. The van der Waals surface area contributed by atoms with Gasteiger partial charge in [-0.1, -0.05) is 49.0 Å². The maximum atomic E-state index is 11.4. The third-order valence-corrected chi connectivity index (χ3v) is 3.26. The van der Waals surface area contributed by atoms with E-state index in [0.29, 0.717) is 12.2 Å². The Kier molecular flexibility index (Phi) is 2.22. The second-order valence-corrected chi connectivity index (χ2v) is 4.24. The molecule has 2 aromatic rings. The molecule has 1 fully saturated rings. The van der Waals surface area contributed by atoms with E-state index in [0.717, 1.165) is 5.56 Å². The van der Waals surface area contributed by atoms with Gasteiger partial charge in [-0.3, -0.25) is 0 Å². The first-order chi connectivity index (χ1) is 8.27. The van der Waals surface area contributed by atoms with E-state index in [9.17, 15) is 4.79 Å². The van der Waals surface area contributed by atoms with Crippen molar-refractivity contribution in [2.24, 2.45) is 0 Å². The van der Waals surface area contributed by atoms with E-state index in [2.05, 4.69) is 24.8 Å². The zero-order valence-corrected chi connectivity index (χ0v) is 9.35. The van der Waals surface area contributed by atoms with Gasteiger partial charge >= 0.3 is 5.97 Å². The molecule has 0 aliphatic carbocycles. The minimum atomic E-state index is -0.275. The van der Waals surface area contributed by atoms with E-state index in [-0.39, 0.29) is 11.9 Å². The first kappa shape index (κ1) is 10.1. The van der Waals surface area contributed by atoms with Crippen molar-refractivity contribution in [2.45, 2.75) is 5.92 Å². The van der Waals surface area contributed by atoms with Crippen molar-refractivity contribution in [3.63, 3.8) is 0 Å². The Morgan fingerprint density at radius 2 is 1.88 bits per heavy atom. The van der Waals surface area contributed by atoms with Gasteiger partial charge in [0.05, 0.1) is 5.92 Å². The molecule has 1 heterocycles. The molecule has 0 radical (unpaired) electrons. The molecular weight excluding hydrogens is 212 g/mol. The van der Waals surface area contributed by atoms with Crippen molar-refractivity contribution >= 4 is 16.7 Å². The van der Waals surface area contributed by atoms with Crippen LogP contribution in [0, 0.1) is 0 Å². The molecule has 2 nitrogen and oxygen atoms in total. The summed E-state index contributed by atoms with van der Waals surface area (Å²) < 4.78 is 5.04. The van der Waals surface area contributed by atoms with Gasteiger partial charge < -0.3 is 4.74 Å². The van der Waals surface area contributed by atoms with E-state index in [4.69, 9.17) is 4.74 Å². The highest BCUT2D eigenvalue weighted by Crippen LogP contribution is 2.34. The number of hydrogen-bond donors (Lipinski definition) is 0. The molecule has 3 rings (SSSR count). The summed E-state index contributed by atoms with van der Waals surface area (Å²) in [5, 5.41) is 2.34. The van der Waals surface area contributed by atoms with Gasteiger partial charge in [0.15, 0.2) is 0 Å². The van der Waals surface area contributed by atoms with E-state index < -0.39 is 0 Å². The molecule has 1 aliphatic rings. The maximum Gasteiger partial charge on any atom is 0.334 e. The van der Waals surface area contributed by atoms with Crippen molar-refractivity contribution in [1.82, 2.24) is 0 Å². The number of ether oxygens (including phenoxy) is 1. The number of benzene rings is 2. The highest BCUT2D eigenvalue weighted by molar-refractivity contribution is 5.94. The van der Waals surface area contributed by atoms with Crippen molar-refractivity contribution in [1.29, 1.82) is 0 Å². The predicted molar refractivity (Wildman–Crippen MR) is 66.8 cm³/mol. The lowest BCUT2D eigenvalue weighted by atomic mass is 9.90. The van der Waals surface area contributed by atoms with Gasteiger partial charge in [0.2, 0.25) is 0 Å². The fourth-order valence-electron chi connectivity index (χ4n) is 2.33. The Balaban J connectivity index is 2.18. The molecule has 0 N–H and O–H groups in total. The standard InChI is InChI=1S/C15H12O2/c1-10-14(9-17-15(10)16)13-8-4-6-11-5-2-3-7-12(11)13/h2-8,14H,1,9H2. The lowest BCUT2D eigenvalue weighted by Crippen LogP contribution is -2.01. The molecule has 2 aromatic carbocycles. The number of hydrogen-bond acceptors (Lipinski definition) is 2. The summed E-state index contributed by atoms with van der Waals surface area (Å²) in [4.78, 5) is 11.4. The van der Waals surface area contributed by atoms with Crippen LogP contribution in [0.15, 0.2) is 54.6 Å². The molecule has 0 bridgehead atoms. The van der Waals surface area contributed by atoms with Gasteiger partial charge in [-0.25, -0.2) is 4.79 Å². The van der Waals surface area contributed by atoms with Gasteiger partial charge in [-0.2, -0.15) is 0 Å². The summed E-state index contributed by atoms with van der Waals surface area (Å²) in [5.74, 6) is -0.281. The number of esters is 1. The van der Waals surface area contributed by atoms with Gasteiger partial charge in [-0.15, -0.1) is 0 Å². The van der Waals surface area contributed by atoms with Crippen molar-refractivity contribution in [3.05, 3.63) is 60.2 Å². The van der Waals surface area contributed by atoms with Crippen molar-refractivity contribution in [3.8, 4) is 0 Å². The summed E-state index contributed by atoms with van der Waals surface area (Å²) in [7, 11) is 0. The molecule has 1 saturated heterocycles. The van der Waals surface area contributed by atoms with Crippen LogP contribution in [0.25, 0.3) is 10.8 Å². The third kappa shape index (κ3) is 1.53. The largest absolute Gasteiger partial charge is 0.461 e. The van der Waals surface area contributed by atoms with Crippen LogP contribution in [0.2, 0.25) is 0 Å². The molecule has 1 unspecified atom stereocenters.